The summed E-state index contributed by atoms with van der Waals surface area (Å²) in [5, 5.41) is 2.86. The molecule has 0 radical (unpaired) electrons. The van der Waals surface area contributed by atoms with Gasteiger partial charge >= 0.3 is 0 Å². The van der Waals surface area contributed by atoms with Crippen molar-refractivity contribution in [3.63, 3.8) is 0 Å². The third-order valence-corrected chi connectivity index (χ3v) is 3.39. The van der Waals surface area contributed by atoms with Crippen LogP contribution in [-0.4, -0.2) is 42.5 Å². The van der Waals surface area contributed by atoms with Gasteiger partial charge in [-0.05, 0) is 25.3 Å². The maximum Gasteiger partial charge on any atom is 0.251 e. The van der Waals surface area contributed by atoms with E-state index in [1.54, 1.807) is 14.0 Å². The average Bonchev–Trinajstić information content (AvgIpc) is 3.28. The zero-order chi connectivity index (χ0) is 15.2. The number of likely N-dealkylation sites (N-methyl/N-ethyl adjacent to an activating group) is 1. The molecule has 0 bridgehead atoms. The second-order valence-corrected chi connectivity index (χ2v) is 5.47. The molecule has 1 aliphatic carbocycles. The molecule has 114 valence electrons. The smallest absolute Gasteiger partial charge is 0.251 e. The van der Waals surface area contributed by atoms with E-state index in [0.717, 1.165) is 18.4 Å². The number of hydrogen-bond acceptors (Lipinski definition) is 3. The van der Waals surface area contributed by atoms with E-state index >= 15 is 0 Å². The van der Waals surface area contributed by atoms with Gasteiger partial charge in [0.25, 0.3) is 5.91 Å². The van der Waals surface area contributed by atoms with Crippen LogP contribution < -0.4 is 5.32 Å². The van der Waals surface area contributed by atoms with Crippen LogP contribution in [0.3, 0.4) is 0 Å². The van der Waals surface area contributed by atoms with Crippen molar-refractivity contribution >= 4 is 11.8 Å². The third-order valence-electron chi connectivity index (χ3n) is 3.39. The molecule has 1 saturated carbocycles. The number of carbonyl (C=O) groups is 2. The Morgan fingerprint density at radius 1 is 1.33 bits per heavy atom. The first-order valence-electron chi connectivity index (χ1n) is 7.26. The first-order chi connectivity index (χ1) is 10.1. The van der Waals surface area contributed by atoms with Crippen LogP contribution in [0.25, 0.3) is 0 Å². The van der Waals surface area contributed by atoms with Crippen molar-refractivity contribution < 1.29 is 14.3 Å². The summed E-state index contributed by atoms with van der Waals surface area (Å²) < 4.78 is 5.56. The van der Waals surface area contributed by atoms with Crippen LogP contribution in [-0.2, 0) is 20.9 Å². The summed E-state index contributed by atoms with van der Waals surface area (Å²) in [6.45, 7) is 2.17. The molecular formula is C16H22N2O3. The molecule has 2 rings (SSSR count). The quantitative estimate of drug-likeness (QED) is 0.824. The highest BCUT2D eigenvalue weighted by atomic mass is 16.5. The number of nitrogens with zero attached hydrogens (tertiary/aromatic N) is 1. The Bertz CT molecular complexity index is 486. The lowest BCUT2D eigenvalue weighted by Gasteiger charge is -2.21. The molecule has 1 atom stereocenters. The fourth-order valence-corrected chi connectivity index (χ4v) is 1.97. The summed E-state index contributed by atoms with van der Waals surface area (Å²) in [7, 11) is 1.62. The first kappa shape index (κ1) is 15.5. The molecule has 0 spiro atoms. The minimum atomic E-state index is -0.566. The van der Waals surface area contributed by atoms with Gasteiger partial charge in [0.15, 0.2) is 0 Å². The van der Waals surface area contributed by atoms with E-state index in [1.165, 1.54) is 4.90 Å². The lowest BCUT2D eigenvalue weighted by atomic mass is 10.2. The van der Waals surface area contributed by atoms with Crippen LogP contribution in [0.15, 0.2) is 30.3 Å². The van der Waals surface area contributed by atoms with E-state index in [4.69, 9.17) is 4.74 Å². The number of rotatable bonds is 7. The van der Waals surface area contributed by atoms with Crippen LogP contribution in [0.2, 0.25) is 0 Å². The number of nitrogens with one attached hydrogen (secondary N) is 1. The van der Waals surface area contributed by atoms with Gasteiger partial charge in [0.05, 0.1) is 13.2 Å². The van der Waals surface area contributed by atoms with E-state index in [-0.39, 0.29) is 18.4 Å². The fraction of sp³-hybridized carbons (Fsp3) is 0.500. The molecular weight excluding hydrogens is 268 g/mol. The molecule has 1 aromatic carbocycles. The Morgan fingerprint density at radius 3 is 2.62 bits per heavy atom. The van der Waals surface area contributed by atoms with Crippen LogP contribution >= 0.6 is 0 Å². The van der Waals surface area contributed by atoms with Gasteiger partial charge in [-0.2, -0.15) is 0 Å². The molecule has 21 heavy (non-hydrogen) atoms. The lowest BCUT2D eigenvalue weighted by Crippen LogP contribution is -2.43. The molecule has 1 N–H and O–H groups in total. The Labute approximate surface area is 125 Å². The van der Waals surface area contributed by atoms with Gasteiger partial charge in [-0.1, -0.05) is 30.3 Å². The van der Waals surface area contributed by atoms with E-state index in [1.807, 2.05) is 30.3 Å². The molecule has 1 aliphatic rings. The van der Waals surface area contributed by atoms with Gasteiger partial charge in [-0.3, -0.25) is 9.59 Å². The van der Waals surface area contributed by atoms with Crippen molar-refractivity contribution in [1.29, 1.82) is 0 Å². The zero-order valence-electron chi connectivity index (χ0n) is 12.5. The van der Waals surface area contributed by atoms with Crippen molar-refractivity contribution in [1.82, 2.24) is 10.2 Å². The highest BCUT2D eigenvalue weighted by molar-refractivity contribution is 5.86. The second-order valence-electron chi connectivity index (χ2n) is 5.47. The average molecular weight is 290 g/mol. The van der Waals surface area contributed by atoms with Crippen LogP contribution in [0.4, 0.5) is 0 Å². The van der Waals surface area contributed by atoms with Gasteiger partial charge in [0, 0.05) is 13.1 Å². The number of amides is 2. The SMILES string of the molecule is CC(OCc1ccccc1)C(=O)N(C)CC(=O)NC1CC1. The number of ether oxygens (including phenoxy) is 1. The summed E-state index contributed by atoms with van der Waals surface area (Å²) in [4.78, 5) is 25.2. The molecule has 0 heterocycles. The third kappa shape index (κ3) is 5.19. The van der Waals surface area contributed by atoms with E-state index in [9.17, 15) is 9.59 Å². The van der Waals surface area contributed by atoms with Gasteiger partial charge < -0.3 is 15.0 Å². The van der Waals surface area contributed by atoms with Crippen molar-refractivity contribution in [3.8, 4) is 0 Å². The highest BCUT2D eigenvalue weighted by Crippen LogP contribution is 2.18. The highest BCUT2D eigenvalue weighted by Gasteiger charge is 2.25. The molecule has 1 aromatic rings. The number of carbonyl (C=O) groups excluding carboxylic acids is 2. The maximum atomic E-state index is 12.1. The predicted molar refractivity (Wildman–Crippen MR) is 79.5 cm³/mol. The second kappa shape index (κ2) is 7.22. The van der Waals surface area contributed by atoms with Crippen molar-refractivity contribution in [2.75, 3.05) is 13.6 Å². The van der Waals surface area contributed by atoms with Gasteiger partial charge in [-0.15, -0.1) is 0 Å². The molecule has 5 nitrogen and oxygen atoms in total. The molecule has 5 heteroatoms. The standard InChI is InChI=1S/C16H22N2O3/c1-12(21-11-13-6-4-3-5-7-13)16(20)18(2)10-15(19)17-14-8-9-14/h3-7,12,14H,8-11H2,1-2H3,(H,17,19). The van der Waals surface area contributed by atoms with Crippen LogP contribution in [0, 0.1) is 0 Å². The largest absolute Gasteiger partial charge is 0.364 e. The number of hydrogen-bond donors (Lipinski definition) is 1. The Balaban J connectivity index is 1.73. The van der Waals surface area contributed by atoms with Crippen molar-refractivity contribution in [2.45, 2.75) is 38.5 Å². The summed E-state index contributed by atoms with van der Waals surface area (Å²) >= 11 is 0. The van der Waals surface area contributed by atoms with Crippen molar-refractivity contribution in [2.24, 2.45) is 0 Å². The molecule has 0 aliphatic heterocycles. The van der Waals surface area contributed by atoms with Crippen LogP contribution in [0.5, 0.6) is 0 Å². The normalized spacial score (nSPS) is 15.3. The summed E-state index contributed by atoms with van der Waals surface area (Å²) in [6.07, 6.45) is 1.52. The minimum absolute atomic E-state index is 0.0777. The minimum Gasteiger partial charge on any atom is -0.364 e. The van der Waals surface area contributed by atoms with Gasteiger partial charge in [0.2, 0.25) is 5.91 Å². The Kier molecular flexibility index (Phi) is 5.33. The molecule has 2 amide bonds. The maximum absolute atomic E-state index is 12.1. The topological polar surface area (TPSA) is 58.6 Å². The van der Waals surface area contributed by atoms with Gasteiger partial charge in [0.1, 0.15) is 6.10 Å². The zero-order valence-corrected chi connectivity index (χ0v) is 12.5. The lowest BCUT2D eigenvalue weighted by molar-refractivity contribution is -0.144. The van der Waals surface area contributed by atoms with E-state index < -0.39 is 6.10 Å². The molecule has 1 fully saturated rings. The first-order valence-corrected chi connectivity index (χ1v) is 7.26. The molecule has 1 unspecified atom stereocenters. The Morgan fingerprint density at radius 2 is 2.00 bits per heavy atom. The van der Waals surface area contributed by atoms with Crippen molar-refractivity contribution in [3.05, 3.63) is 35.9 Å². The summed E-state index contributed by atoms with van der Waals surface area (Å²) in [5.74, 6) is -0.291. The Hall–Kier alpha value is -1.88. The molecule has 0 saturated heterocycles. The van der Waals surface area contributed by atoms with Gasteiger partial charge in [-0.25, -0.2) is 0 Å². The predicted octanol–water partition coefficient (Wildman–Crippen LogP) is 1.33. The fourth-order valence-electron chi connectivity index (χ4n) is 1.97. The number of benzene rings is 1. The van der Waals surface area contributed by atoms with E-state index in [0.29, 0.717) is 12.6 Å². The monoisotopic (exact) mass is 290 g/mol. The summed E-state index contributed by atoms with van der Waals surface area (Å²) in [5.41, 5.74) is 1.02. The summed E-state index contributed by atoms with van der Waals surface area (Å²) in [6, 6.07) is 10.0. The molecule has 0 aromatic heterocycles. The van der Waals surface area contributed by atoms with E-state index in [2.05, 4.69) is 5.32 Å². The van der Waals surface area contributed by atoms with Crippen LogP contribution in [0.1, 0.15) is 25.3 Å².